The second kappa shape index (κ2) is 7.67. The van der Waals surface area contributed by atoms with Gasteiger partial charge in [-0.05, 0) is 41.5 Å². The molecule has 0 heterocycles. The van der Waals surface area contributed by atoms with Crippen molar-refractivity contribution in [2.75, 3.05) is 14.2 Å². The molecule has 3 unspecified atom stereocenters. The van der Waals surface area contributed by atoms with Gasteiger partial charge in [0.05, 0.1) is 29.3 Å². The first-order valence-corrected chi connectivity index (χ1v) is 7.30. The Morgan fingerprint density at radius 1 is 1.05 bits per heavy atom. The van der Waals surface area contributed by atoms with E-state index in [4.69, 9.17) is 9.47 Å². The number of hydrogen-bond acceptors (Lipinski definition) is 6. The predicted molar refractivity (Wildman–Crippen MR) is 84.2 cm³/mol. The molecule has 0 saturated heterocycles. The highest BCUT2D eigenvalue weighted by Crippen LogP contribution is 2.29. The fraction of sp³-hybridized carbons (Fsp3) is 0.875. The molecule has 124 valence electrons. The van der Waals surface area contributed by atoms with Crippen molar-refractivity contribution in [1.82, 2.24) is 0 Å². The SMILES string of the molecule is COC(C)(C)CC(C)(C#N)N=NC(C(C)C#N)C(C)(C)OC. The molecule has 0 aliphatic heterocycles. The smallest absolute Gasteiger partial charge is 0.167 e. The van der Waals surface area contributed by atoms with Gasteiger partial charge in [0.15, 0.2) is 5.54 Å². The van der Waals surface area contributed by atoms with Gasteiger partial charge in [-0.15, -0.1) is 0 Å². The molecule has 0 aromatic rings. The minimum absolute atomic E-state index is 0.378. The zero-order chi connectivity index (χ0) is 17.6. The summed E-state index contributed by atoms with van der Waals surface area (Å²) in [6.45, 7) is 11.0. The van der Waals surface area contributed by atoms with Crippen molar-refractivity contribution in [2.45, 2.75) is 70.7 Å². The van der Waals surface area contributed by atoms with E-state index in [-0.39, 0.29) is 5.92 Å². The molecule has 0 N–H and O–H groups in total. The maximum Gasteiger partial charge on any atom is 0.167 e. The van der Waals surface area contributed by atoms with Crippen LogP contribution in [0, 0.1) is 28.6 Å². The Hall–Kier alpha value is -1.50. The molecule has 6 heteroatoms. The summed E-state index contributed by atoms with van der Waals surface area (Å²) in [7, 11) is 3.17. The Labute approximate surface area is 134 Å². The van der Waals surface area contributed by atoms with Crippen LogP contribution in [0.4, 0.5) is 0 Å². The highest BCUT2D eigenvalue weighted by Gasteiger charge is 2.37. The molecule has 0 amide bonds. The molecular formula is C16H28N4O2. The summed E-state index contributed by atoms with van der Waals surface area (Å²) in [4.78, 5) is 0. The molecule has 0 fully saturated rings. The van der Waals surface area contributed by atoms with Gasteiger partial charge >= 0.3 is 0 Å². The number of nitrogens with zero attached hydrogens (tertiary/aromatic N) is 4. The number of ether oxygens (including phenoxy) is 2. The van der Waals surface area contributed by atoms with E-state index in [2.05, 4.69) is 22.4 Å². The van der Waals surface area contributed by atoms with E-state index in [9.17, 15) is 10.5 Å². The number of hydrogen-bond donors (Lipinski definition) is 0. The Bertz CT molecular complexity index is 474. The summed E-state index contributed by atoms with van der Waals surface area (Å²) in [6.07, 6.45) is 0.400. The molecule has 0 spiro atoms. The minimum Gasteiger partial charge on any atom is -0.379 e. The number of nitriles is 2. The molecule has 6 nitrogen and oxygen atoms in total. The first-order chi connectivity index (χ1) is 9.97. The first kappa shape index (κ1) is 20.5. The Kier molecular flexibility index (Phi) is 7.15. The monoisotopic (exact) mass is 308 g/mol. The quantitative estimate of drug-likeness (QED) is 0.642. The molecule has 0 rings (SSSR count). The molecular weight excluding hydrogens is 280 g/mol. The van der Waals surface area contributed by atoms with Crippen LogP contribution in [0.2, 0.25) is 0 Å². The fourth-order valence-corrected chi connectivity index (χ4v) is 2.22. The molecule has 0 bridgehead atoms. The van der Waals surface area contributed by atoms with E-state index >= 15 is 0 Å². The van der Waals surface area contributed by atoms with Crippen molar-refractivity contribution in [2.24, 2.45) is 16.1 Å². The molecule has 0 aliphatic carbocycles. The van der Waals surface area contributed by atoms with Crippen LogP contribution in [-0.2, 0) is 9.47 Å². The van der Waals surface area contributed by atoms with Crippen LogP contribution in [-0.4, -0.2) is 37.0 Å². The molecule has 0 aliphatic rings. The van der Waals surface area contributed by atoms with Crippen molar-refractivity contribution in [3.05, 3.63) is 0 Å². The van der Waals surface area contributed by atoms with Gasteiger partial charge in [-0.25, -0.2) is 0 Å². The summed E-state index contributed by atoms with van der Waals surface area (Å²) in [6, 6.07) is 3.91. The summed E-state index contributed by atoms with van der Waals surface area (Å²) < 4.78 is 10.8. The lowest BCUT2D eigenvalue weighted by atomic mass is 9.88. The van der Waals surface area contributed by atoms with Gasteiger partial charge in [0.25, 0.3) is 0 Å². The maximum atomic E-state index is 9.46. The van der Waals surface area contributed by atoms with Crippen LogP contribution in [0.15, 0.2) is 10.2 Å². The zero-order valence-electron chi connectivity index (χ0n) is 15.0. The van der Waals surface area contributed by atoms with Crippen molar-refractivity contribution in [1.29, 1.82) is 10.5 Å². The Morgan fingerprint density at radius 3 is 1.95 bits per heavy atom. The lowest BCUT2D eigenvalue weighted by Gasteiger charge is -2.32. The van der Waals surface area contributed by atoms with E-state index < -0.39 is 22.8 Å². The van der Waals surface area contributed by atoms with Gasteiger partial charge in [-0.2, -0.15) is 20.8 Å². The van der Waals surface area contributed by atoms with Gasteiger partial charge in [-0.1, -0.05) is 0 Å². The molecule has 0 aromatic heterocycles. The topological polar surface area (TPSA) is 90.8 Å². The highest BCUT2D eigenvalue weighted by atomic mass is 16.5. The van der Waals surface area contributed by atoms with Crippen LogP contribution in [0.3, 0.4) is 0 Å². The van der Waals surface area contributed by atoms with E-state index in [1.807, 2.05) is 27.7 Å². The number of azo groups is 1. The van der Waals surface area contributed by atoms with E-state index in [0.29, 0.717) is 6.42 Å². The lowest BCUT2D eigenvalue weighted by Crippen LogP contribution is -2.41. The second-order valence-corrected chi connectivity index (χ2v) is 6.91. The fourth-order valence-electron chi connectivity index (χ4n) is 2.22. The van der Waals surface area contributed by atoms with Crippen LogP contribution in [0.5, 0.6) is 0 Å². The van der Waals surface area contributed by atoms with Gasteiger partial charge < -0.3 is 9.47 Å². The Morgan fingerprint density at radius 2 is 1.59 bits per heavy atom. The standard InChI is InChI=1S/C16H28N4O2/c1-12(9-17)13(15(4,5)22-8)19-20-16(6,11-18)10-14(2,3)21-7/h12-13H,10H2,1-8H3. The molecule has 0 radical (unpaired) electrons. The van der Waals surface area contributed by atoms with Crippen LogP contribution >= 0.6 is 0 Å². The average Bonchev–Trinajstić information content (AvgIpc) is 2.46. The van der Waals surface area contributed by atoms with Gasteiger partial charge in [0.1, 0.15) is 6.04 Å². The second-order valence-electron chi connectivity index (χ2n) is 6.91. The third-order valence-corrected chi connectivity index (χ3v) is 3.88. The molecule has 3 atom stereocenters. The van der Waals surface area contributed by atoms with Crippen molar-refractivity contribution < 1.29 is 9.47 Å². The van der Waals surface area contributed by atoms with Crippen molar-refractivity contribution >= 4 is 0 Å². The summed E-state index contributed by atoms with van der Waals surface area (Å²) in [5.74, 6) is -0.378. The molecule has 0 saturated carbocycles. The maximum absolute atomic E-state index is 9.46. The minimum atomic E-state index is -1.02. The normalized spacial score (nSPS) is 18.3. The van der Waals surface area contributed by atoms with E-state index in [0.717, 1.165) is 0 Å². The van der Waals surface area contributed by atoms with E-state index in [1.54, 1.807) is 28.1 Å². The van der Waals surface area contributed by atoms with Crippen molar-refractivity contribution in [3.8, 4) is 12.1 Å². The molecule has 0 aromatic carbocycles. The Balaban J connectivity index is 5.47. The van der Waals surface area contributed by atoms with Crippen LogP contribution in [0.1, 0.15) is 48.0 Å². The predicted octanol–water partition coefficient (Wildman–Crippen LogP) is 3.49. The summed E-state index contributed by atoms with van der Waals surface area (Å²) in [5, 5.41) is 27.2. The summed E-state index contributed by atoms with van der Waals surface area (Å²) >= 11 is 0. The zero-order valence-corrected chi connectivity index (χ0v) is 15.0. The molecule has 22 heavy (non-hydrogen) atoms. The summed E-state index contributed by atoms with van der Waals surface area (Å²) in [5.41, 5.74) is -2.15. The number of methoxy groups -OCH3 is 2. The first-order valence-electron chi connectivity index (χ1n) is 7.30. The van der Waals surface area contributed by atoms with Crippen molar-refractivity contribution in [3.63, 3.8) is 0 Å². The highest BCUT2D eigenvalue weighted by molar-refractivity contribution is 5.07. The van der Waals surface area contributed by atoms with Gasteiger partial charge in [0, 0.05) is 20.6 Å². The number of rotatable bonds is 8. The van der Waals surface area contributed by atoms with Crippen LogP contribution < -0.4 is 0 Å². The third kappa shape index (κ3) is 5.71. The van der Waals surface area contributed by atoms with Crippen LogP contribution in [0.25, 0.3) is 0 Å². The average molecular weight is 308 g/mol. The largest absolute Gasteiger partial charge is 0.379 e. The van der Waals surface area contributed by atoms with Gasteiger partial charge in [-0.3, -0.25) is 0 Å². The van der Waals surface area contributed by atoms with Gasteiger partial charge in [0.2, 0.25) is 0 Å². The lowest BCUT2D eigenvalue weighted by molar-refractivity contribution is -0.0114. The van der Waals surface area contributed by atoms with E-state index in [1.165, 1.54) is 0 Å². The third-order valence-electron chi connectivity index (χ3n) is 3.88.